The molecule has 0 aromatic carbocycles. The molecule has 3 aliphatic rings. The molecule has 0 aromatic heterocycles. The van der Waals surface area contributed by atoms with Crippen LogP contribution in [0.25, 0.3) is 0 Å². The molecule has 3 heteroatoms. The Balaban J connectivity index is 1.79. The van der Waals surface area contributed by atoms with Gasteiger partial charge in [-0.1, -0.05) is 19.0 Å². The largest absolute Gasteiger partial charge is 0.411 e. The predicted octanol–water partition coefficient (Wildman–Crippen LogP) is 2.59. The highest BCUT2D eigenvalue weighted by atomic mass is 16.4. The van der Waals surface area contributed by atoms with E-state index in [1.165, 1.54) is 38.8 Å². The van der Waals surface area contributed by atoms with Gasteiger partial charge in [-0.2, -0.15) is 0 Å². The maximum Gasteiger partial charge on any atom is 0.0775 e. The van der Waals surface area contributed by atoms with Gasteiger partial charge >= 0.3 is 0 Å². The van der Waals surface area contributed by atoms with Crippen molar-refractivity contribution in [3.05, 3.63) is 0 Å². The molecule has 0 spiro atoms. The Morgan fingerprint density at radius 3 is 2.47 bits per heavy atom. The standard InChI is InChI=1S/C14H24N2O/c1-9-5-10(2)8-16(7-9)14-12-4-3-11(6-12)13(14)15-17/h9-12,14,17H,3-8H2,1-2H3/b15-13-/t9-,10+,11-,12-,14-/m0/s1. The highest BCUT2D eigenvalue weighted by Crippen LogP contribution is 2.45. The average molecular weight is 236 g/mol. The molecule has 3 nitrogen and oxygen atoms in total. The van der Waals surface area contributed by atoms with E-state index in [2.05, 4.69) is 23.9 Å². The number of hydrogen-bond donors (Lipinski definition) is 1. The Bertz CT molecular complexity index is 318. The van der Waals surface area contributed by atoms with Crippen LogP contribution in [0, 0.1) is 23.7 Å². The zero-order chi connectivity index (χ0) is 12.0. The third kappa shape index (κ3) is 1.88. The van der Waals surface area contributed by atoms with E-state index in [1.807, 2.05) is 0 Å². The summed E-state index contributed by atoms with van der Waals surface area (Å²) >= 11 is 0. The van der Waals surface area contributed by atoms with Gasteiger partial charge in [0.25, 0.3) is 0 Å². The topological polar surface area (TPSA) is 35.8 Å². The van der Waals surface area contributed by atoms with Gasteiger partial charge in [-0.15, -0.1) is 0 Å². The quantitative estimate of drug-likeness (QED) is 0.561. The molecule has 2 saturated carbocycles. The molecule has 0 radical (unpaired) electrons. The molecule has 1 N–H and O–H groups in total. The summed E-state index contributed by atoms with van der Waals surface area (Å²) < 4.78 is 0. The van der Waals surface area contributed by atoms with E-state index in [0.29, 0.717) is 12.0 Å². The van der Waals surface area contributed by atoms with Crippen LogP contribution in [-0.4, -0.2) is 35.0 Å². The van der Waals surface area contributed by atoms with E-state index < -0.39 is 0 Å². The van der Waals surface area contributed by atoms with Crippen molar-refractivity contribution in [2.75, 3.05) is 13.1 Å². The highest BCUT2D eigenvalue weighted by molar-refractivity contribution is 5.94. The van der Waals surface area contributed by atoms with Crippen molar-refractivity contribution in [2.45, 2.75) is 45.6 Å². The molecule has 96 valence electrons. The normalized spacial score (nSPS) is 49.1. The molecule has 0 unspecified atom stereocenters. The number of nitrogens with zero attached hydrogens (tertiary/aromatic N) is 2. The van der Waals surface area contributed by atoms with E-state index in [1.54, 1.807) is 0 Å². The third-order valence-electron chi connectivity index (χ3n) is 5.05. The second kappa shape index (κ2) is 4.27. The molecule has 1 heterocycles. The van der Waals surface area contributed by atoms with Crippen LogP contribution in [0.3, 0.4) is 0 Å². The number of likely N-dealkylation sites (tertiary alicyclic amines) is 1. The van der Waals surface area contributed by atoms with Crippen molar-refractivity contribution in [1.29, 1.82) is 0 Å². The van der Waals surface area contributed by atoms with E-state index >= 15 is 0 Å². The van der Waals surface area contributed by atoms with E-state index in [4.69, 9.17) is 0 Å². The molecule has 5 atom stereocenters. The van der Waals surface area contributed by atoms with Gasteiger partial charge in [-0.3, -0.25) is 4.90 Å². The lowest BCUT2D eigenvalue weighted by molar-refractivity contribution is 0.0987. The minimum atomic E-state index is 0.462. The van der Waals surface area contributed by atoms with Crippen LogP contribution in [0.5, 0.6) is 0 Å². The summed E-state index contributed by atoms with van der Waals surface area (Å²) in [5.74, 6) is 2.93. The maximum absolute atomic E-state index is 9.28. The monoisotopic (exact) mass is 236 g/mol. The van der Waals surface area contributed by atoms with Crippen molar-refractivity contribution in [1.82, 2.24) is 4.90 Å². The van der Waals surface area contributed by atoms with Gasteiger partial charge in [0.15, 0.2) is 0 Å². The molecule has 0 amide bonds. The molecule has 1 aliphatic heterocycles. The highest BCUT2D eigenvalue weighted by Gasteiger charge is 2.48. The second-order valence-corrected chi connectivity index (χ2v) is 6.64. The van der Waals surface area contributed by atoms with Crippen LogP contribution in [0.4, 0.5) is 0 Å². The van der Waals surface area contributed by atoms with Crippen molar-refractivity contribution < 1.29 is 5.21 Å². The summed E-state index contributed by atoms with van der Waals surface area (Å²) in [6, 6.07) is 0.462. The summed E-state index contributed by atoms with van der Waals surface area (Å²) in [7, 11) is 0. The Morgan fingerprint density at radius 1 is 1.12 bits per heavy atom. The Kier molecular flexibility index (Phi) is 2.89. The van der Waals surface area contributed by atoms with E-state index in [0.717, 1.165) is 23.5 Å². The summed E-state index contributed by atoms with van der Waals surface area (Å²) in [5, 5.41) is 12.9. The number of piperidine rings is 1. The van der Waals surface area contributed by atoms with Gasteiger partial charge in [0, 0.05) is 19.0 Å². The van der Waals surface area contributed by atoms with E-state index in [9.17, 15) is 5.21 Å². The number of fused-ring (bicyclic) bond motifs is 2. The van der Waals surface area contributed by atoms with Gasteiger partial charge in [-0.25, -0.2) is 0 Å². The molecular weight excluding hydrogens is 212 g/mol. The molecular formula is C14H24N2O. The first kappa shape index (κ1) is 11.5. The maximum atomic E-state index is 9.28. The summed E-state index contributed by atoms with van der Waals surface area (Å²) in [6.45, 7) is 7.09. The van der Waals surface area contributed by atoms with Crippen LogP contribution in [-0.2, 0) is 0 Å². The van der Waals surface area contributed by atoms with Crippen LogP contribution >= 0.6 is 0 Å². The van der Waals surface area contributed by atoms with Gasteiger partial charge in [0.05, 0.1) is 11.8 Å². The minimum Gasteiger partial charge on any atom is -0.411 e. The van der Waals surface area contributed by atoms with Gasteiger partial charge < -0.3 is 5.21 Å². The zero-order valence-electron chi connectivity index (χ0n) is 11.0. The van der Waals surface area contributed by atoms with Crippen molar-refractivity contribution in [3.63, 3.8) is 0 Å². The fourth-order valence-corrected chi connectivity index (χ4v) is 4.62. The van der Waals surface area contributed by atoms with Gasteiger partial charge in [0.1, 0.15) is 0 Å². The first-order valence-electron chi connectivity index (χ1n) is 7.15. The molecule has 2 bridgehead atoms. The predicted molar refractivity (Wildman–Crippen MR) is 68.4 cm³/mol. The van der Waals surface area contributed by atoms with Crippen molar-refractivity contribution in [3.8, 4) is 0 Å². The number of oxime groups is 1. The van der Waals surface area contributed by atoms with Crippen molar-refractivity contribution >= 4 is 5.71 Å². The lowest BCUT2D eigenvalue weighted by Crippen LogP contribution is -2.50. The smallest absolute Gasteiger partial charge is 0.0775 e. The van der Waals surface area contributed by atoms with Gasteiger partial charge in [-0.05, 0) is 43.4 Å². The molecule has 3 fully saturated rings. The fraction of sp³-hybridized carbons (Fsp3) is 0.929. The first-order chi connectivity index (χ1) is 8.19. The zero-order valence-corrected chi connectivity index (χ0v) is 11.0. The third-order valence-corrected chi connectivity index (χ3v) is 5.05. The Hall–Kier alpha value is -0.570. The molecule has 1 saturated heterocycles. The lowest BCUT2D eigenvalue weighted by atomic mass is 9.86. The second-order valence-electron chi connectivity index (χ2n) is 6.64. The van der Waals surface area contributed by atoms with Crippen LogP contribution in [0.1, 0.15) is 39.5 Å². The first-order valence-corrected chi connectivity index (χ1v) is 7.15. The van der Waals surface area contributed by atoms with Crippen LogP contribution in [0.2, 0.25) is 0 Å². The van der Waals surface area contributed by atoms with Crippen LogP contribution in [0.15, 0.2) is 5.16 Å². The number of hydrogen-bond acceptors (Lipinski definition) is 3. The average Bonchev–Trinajstić information content (AvgIpc) is 2.86. The van der Waals surface area contributed by atoms with E-state index in [-0.39, 0.29) is 0 Å². The summed E-state index contributed by atoms with van der Waals surface area (Å²) in [6.07, 6.45) is 5.21. The van der Waals surface area contributed by atoms with Crippen molar-refractivity contribution in [2.24, 2.45) is 28.8 Å². The Morgan fingerprint density at radius 2 is 1.82 bits per heavy atom. The SMILES string of the molecule is C[C@@H]1C[C@H](C)CN([C@@H]2/C(=N\O)[C@H]3CC[C@H]2C3)C1. The molecule has 3 rings (SSSR count). The van der Waals surface area contributed by atoms with Crippen LogP contribution < -0.4 is 0 Å². The Labute approximate surface area is 104 Å². The minimum absolute atomic E-state index is 0.462. The molecule has 0 aromatic rings. The summed E-state index contributed by atoms with van der Waals surface area (Å²) in [5.41, 5.74) is 1.10. The van der Waals surface area contributed by atoms with Gasteiger partial charge in [0.2, 0.25) is 0 Å². The lowest BCUT2D eigenvalue weighted by Gasteiger charge is -2.41. The summed E-state index contributed by atoms with van der Waals surface area (Å²) in [4.78, 5) is 2.61. The molecule has 2 aliphatic carbocycles. The fourth-order valence-electron chi connectivity index (χ4n) is 4.62. The number of rotatable bonds is 1. The molecule has 17 heavy (non-hydrogen) atoms.